The van der Waals surface area contributed by atoms with Crippen molar-refractivity contribution in [3.05, 3.63) is 24.4 Å². The zero-order chi connectivity index (χ0) is 9.52. The van der Waals surface area contributed by atoms with Crippen molar-refractivity contribution >= 4 is 27.6 Å². The van der Waals surface area contributed by atoms with Crippen LogP contribution < -0.4 is 5.11 Å². The molecule has 1 aromatic rings. The standard InChI is InChI=1S/C8H9NO2S2/c10-8(11)4-6-12-13-7-3-1-2-5-9-7/h1-3,5H,4,6H2,(H,10,11)/p-1. The summed E-state index contributed by atoms with van der Waals surface area (Å²) in [6, 6.07) is 5.63. The lowest BCUT2D eigenvalue weighted by Crippen LogP contribution is -2.22. The molecular weight excluding hydrogens is 206 g/mol. The predicted octanol–water partition coefficient (Wildman–Crippen LogP) is 0.962. The molecule has 1 rings (SSSR count). The Hall–Kier alpha value is -0.680. The van der Waals surface area contributed by atoms with Crippen molar-refractivity contribution in [2.24, 2.45) is 0 Å². The van der Waals surface area contributed by atoms with Crippen molar-refractivity contribution in [1.82, 2.24) is 4.98 Å². The molecule has 0 N–H and O–H groups in total. The second-order valence-corrected chi connectivity index (χ2v) is 4.63. The van der Waals surface area contributed by atoms with E-state index in [9.17, 15) is 9.90 Å². The summed E-state index contributed by atoms with van der Waals surface area (Å²) < 4.78 is 0. The minimum absolute atomic E-state index is 0.0878. The maximum atomic E-state index is 10.1. The van der Waals surface area contributed by atoms with Crippen LogP contribution in [0.25, 0.3) is 0 Å². The number of carbonyl (C=O) groups excluding carboxylic acids is 1. The number of hydrogen-bond donors (Lipinski definition) is 0. The molecular formula is C8H8NO2S2-. The van der Waals surface area contributed by atoms with E-state index >= 15 is 0 Å². The highest BCUT2D eigenvalue weighted by Crippen LogP contribution is 2.28. The van der Waals surface area contributed by atoms with E-state index in [1.165, 1.54) is 21.6 Å². The molecule has 0 aliphatic rings. The van der Waals surface area contributed by atoms with Crippen molar-refractivity contribution in [3.63, 3.8) is 0 Å². The second kappa shape index (κ2) is 5.88. The van der Waals surface area contributed by atoms with Crippen LogP contribution in [0.3, 0.4) is 0 Å². The van der Waals surface area contributed by atoms with Crippen LogP contribution in [0.4, 0.5) is 0 Å². The molecule has 0 radical (unpaired) electrons. The van der Waals surface area contributed by atoms with Crippen molar-refractivity contribution in [1.29, 1.82) is 0 Å². The molecule has 1 aromatic heterocycles. The first-order chi connectivity index (χ1) is 6.29. The van der Waals surface area contributed by atoms with E-state index in [1.54, 1.807) is 6.20 Å². The Kier molecular flexibility index (Phi) is 4.70. The third kappa shape index (κ3) is 4.80. The molecule has 0 saturated heterocycles. The van der Waals surface area contributed by atoms with Gasteiger partial charge in [0.2, 0.25) is 0 Å². The summed E-state index contributed by atoms with van der Waals surface area (Å²) in [6.07, 6.45) is 1.80. The fourth-order valence-electron chi connectivity index (χ4n) is 0.623. The van der Waals surface area contributed by atoms with Crippen LogP contribution >= 0.6 is 21.6 Å². The van der Waals surface area contributed by atoms with Crippen molar-refractivity contribution < 1.29 is 9.90 Å². The van der Waals surface area contributed by atoms with Crippen LogP contribution in [0.1, 0.15) is 6.42 Å². The Balaban J connectivity index is 2.17. The first kappa shape index (κ1) is 10.4. The van der Waals surface area contributed by atoms with Crippen LogP contribution in [0.2, 0.25) is 0 Å². The molecule has 0 spiro atoms. The van der Waals surface area contributed by atoms with Crippen LogP contribution in [0.5, 0.6) is 0 Å². The normalized spacial score (nSPS) is 9.85. The molecule has 0 fully saturated rings. The number of rotatable bonds is 5. The fourth-order valence-corrected chi connectivity index (χ4v) is 2.47. The molecule has 70 valence electrons. The molecule has 0 saturated carbocycles. The topological polar surface area (TPSA) is 53.0 Å². The maximum absolute atomic E-state index is 10.1. The molecule has 3 nitrogen and oxygen atoms in total. The highest BCUT2D eigenvalue weighted by Gasteiger charge is 1.94. The Bertz CT molecular complexity index is 266. The summed E-state index contributed by atoms with van der Waals surface area (Å²) in [6.45, 7) is 0. The highest BCUT2D eigenvalue weighted by molar-refractivity contribution is 8.76. The van der Waals surface area contributed by atoms with Crippen LogP contribution in [0.15, 0.2) is 29.4 Å². The van der Waals surface area contributed by atoms with Crippen molar-refractivity contribution in [3.8, 4) is 0 Å². The zero-order valence-electron chi connectivity index (χ0n) is 6.80. The molecule has 0 aliphatic heterocycles. The Morgan fingerprint density at radius 2 is 2.38 bits per heavy atom. The van der Waals surface area contributed by atoms with Gasteiger partial charge in [-0.25, -0.2) is 4.98 Å². The molecule has 0 unspecified atom stereocenters. The van der Waals surface area contributed by atoms with Gasteiger partial charge < -0.3 is 9.90 Å². The fraction of sp³-hybridized carbons (Fsp3) is 0.250. The second-order valence-electron chi connectivity index (χ2n) is 2.20. The number of aromatic nitrogens is 1. The quantitative estimate of drug-likeness (QED) is 0.540. The molecule has 1 heterocycles. The number of carboxylic acids is 1. The van der Waals surface area contributed by atoms with Crippen molar-refractivity contribution in [2.75, 3.05) is 5.75 Å². The summed E-state index contributed by atoms with van der Waals surface area (Å²) in [5.74, 6) is -0.460. The number of carboxylic acid groups (broad SMARTS) is 1. The lowest BCUT2D eigenvalue weighted by molar-refractivity contribution is -0.305. The molecule has 0 aromatic carbocycles. The summed E-state index contributed by atoms with van der Waals surface area (Å²) in [4.78, 5) is 14.1. The molecule has 5 heteroatoms. The van der Waals surface area contributed by atoms with E-state index in [-0.39, 0.29) is 6.42 Å². The molecule has 0 aliphatic carbocycles. The average molecular weight is 214 g/mol. The Morgan fingerprint density at radius 3 is 3.00 bits per heavy atom. The Labute approximate surface area is 84.3 Å². The summed E-state index contributed by atoms with van der Waals surface area (Å²) in [5.41, 5.74) is 0. The van der Waals surface area contributed by atoms with Crippen LogP contribution in [0, 0.1) is 0 Å². The number of hydrogen-bond acceptors (Lipinski definition) is 5. The Morgan fingerprint density at radius 1 is 1.54 bits per heavy atom. The van der Waals surface area contributed by atoms with Gasteiger partial charge in [0, 0.05) is 17.9 Å². The number of pyridine rings is 1. The van der Waals surface area contributed by atoms with Gasteiger partial charge in [0.25, 0.3) is 0 Å². The molecule has 0 atom stereocenters. The minimum atomic E-state index is -1.01. The summed E-state index contributed by atoms with van der Waals surface area (Å²) in [7, 11) is 2.94. The van der Waals surface area contributed by atoms with E-state index in [1.807, 2.05) is 18.2 Å². The van der Waals surface area contributed by atoms with Crippen molar-refractivity contribution in [2.45, 2.75) is 11.4 Å². The highest BCUT2D eigenvalue weighted by atomic mass is 33.1. The van der Waals surface area contributed by atoms with Gasteiger partial charge in [-0.3, -0.25) is 0 Å². The van der Waals surface area contributed by atoms with E-state index in [0.717, 1.165) is 5.03 Å². The van der Waals surface area contributed by atoms with Gasteiger partial charge in [0.15, 0.2) is 0 Å². The number of nitrogens with zero attached hydrogens (tertiary/aromatic N) is 1. The lowest BCUT2D eigenvalue weighted by atomic mass is 10.5. The van der Waals surface area contributed by atoms with Gasteiger partial charge in [0.1, 0.15) is 5.03 Å². The lowest BCUT2D eigenvalue weighted by Gasteiger charge is -2.00. The van der Waals surface area contributed by atoms with E-state index in [2.05, 4.69) is 4.98 Å². The summed E-state index contributed by atoms with van der Waals surface area (Å²) in [5, 5.41) is 11.0. The molecule has 0 bridgehead atoms. The predicted molar refractivity (Wildman–Crippen MR) is 52.2 cm³/mol. The van der Waals surface area contributed by atoms with Gasteiger partial charge in [-0.1, -0.05) is 16.9 Å². The van der Waals surface area contributed by atoms with Gasteiger partial charge in [-0.05, 0) is 29.3 Å². The third-order valence-corrected chi connectivity index (χ3v) is 3.44. The van der Waals surface area contributed by atoms with E-state index in [4.69, 9.17) is 0 Å². The van der Waals surface area contributed by atoms with Gasteiger partial charge in [-0.2, -0.15) is 0 Å². The van der Waals surface area contributed by atoms with Crippen LogP contribution in [-0.4, -0.2) is 16.7 Å². The van der Waals surface area contributed by atoms with Crippen LogP contribution in [-0.2, 0) is 4.79 Å². The number of aliphatic carboxylic acids is 1. The monoisotopic (exact) mass is 214 g/mol. The molecule has 13 heavy (non-hydrogen) atoms. The third-order valence-electron chi connectivity index (χ3n) is 1.17. The minimum Gasteiger partial charge on any atom is -0.550 e. The van der Waals surface area contributed by atoms with E-state index < -0.39 is 5.97 Å². The molecule has 0 amide bonds. The average Bonchev–Trinajstić information content (AvgIpc) is 2.14. The van der Waals surface area contributed by atoms with Gasteiger partial charge >= 0.3 is 0 Å². The smallest absolute Gasteiger partial charge is 0.106 e. The number of carbonyl (C=O) groups is 1. The van der Waals surface area contributed by atoms with Gasteiger partial charge in [0.05, 0.1) is 0 Å². The summed E-state index contributed by atoms with van der Waals surface area (Å²) >= 11 is 0. The first-order valence-corrected chi connectivity index (χ1v) is 6.01. The van der Waals surface area contributed by atoms with Gasteiger partial charge in [-0.15, -0.1) is 0 Å². The van der Waals surface area contributed by atoms with E-state index in [0.29, 0.717) is 5.75 Å². The maximum Gasteiger partial charge on any atom is 0.106 e. The first-order valence-electron chi connectivity index (χ1n) is 3.69. The largest absolute Gasteiger partial charge is 0.550 e. The zero-order valence-corrected chi connectivity index (χ0v) is 8.44. The SMILES string of the molecule is O=C([O-])CCSSc1ccccn1.